The van der Waals surface area contributed by atoms with E-state index in [0.29, 0.717) is 12.8 Å². The zero-order chi connectivity index (χ0) is 47.0. The summed E-state index contributed by atoms with van der Waals surface area (Å²) in [4.78, 5) is 37.0. The quantitative estimate of drug-likeness (QED) is 0.0259. The van der Waals surface area contributed by atoms with E-state index in [0.717, 1.165) is 64.2 Å². The van der Waals surface area contributed by atoms with Crippen molar-refractivity contribution in [2.24, 2.45) is 0 Å². The van der Waals surface area contributed by atoms with Gasteiger partial charge in [-0.05, 0) is 57.8 Å². The Balaban J connectivity index is 4.33. The first-order valence-corrected chi connectivity index (χ1v) is 26.0. The van der Waals surface area contributed by atoms with Crippen molar-refractivity contribution in [3.05, 3.63) is 72.9 Å². The number of unbranched alkanes of at least 4 members (excludes halogenated alkanes) is 20. The zero-order valence-electron chi connectivity index (χ0n) is 41.9. The molecule has 0 fully saturated rings. The van der Waals surface area contributed by atoms with Gasteiger partial charge in [-0.3, -0.25) is 9.59 Å². The lowest BCUT2D eigenvalue weighted by molar-refractivity contribution is -0.889. The Kier molecular flexibility index (Phi) is 44.0. The summed E-state index contributed by atoms with van der Waals surface area (Å²) < 4.78 is 17.2. The Morgan fingerprint density at radius 1 is 0.484 bits per heavy atom. The molecule has 0 aromatic carbocycles. The van der Waals surface area contributed by atoms with Crippen molar-refractivity contribution in [2.75, 3.05) is 41.0 Å². The van der Waals surface area contributed by atoms with Crippen molar-refractivity contribution in [2.45, 2.75) is 225 Å². The van der Waals surface area contributed by atoms with E-state index in [2.05, 4.69) is 86.8 Å². The molecule has 0 rings (SSSR count). The van der Waals surface area contributed by atoms with Crippen LogP contribution < -0.4 is 5.11 Å². The summed E-state index contributed by atoms with van der Waals surface area (Å²) in [5.74, 6) is -1.81. The fourth-order valence-electron chi connectivity index (χ4n) is 7.38. The number of hydrogen-bond acceptors (Lipinski definition) is 7. The summed E-state index contributed by atoms with van der Waals surface area (Å²) in [6.07, 6.45) is 59.4. The van der Waals surface area contributed by atoms with Crippen LogP contribution in [0.3, 0.4) is 0 Å². The van der Waals surface area contributed by atoms with Crippen LogP contribution in [-0.2, 0) is 28.6 Å². The van der Waals surface area contributed by atoms with Crippen LogP contribution in [0.1, 0.15) is 213 Å². The molecule has 0 N–H and O–H groups in total. The van der Waals surface area contributed by atoms with Gasteiger partial charge in [-0.25, -0.2) is 0 Å². The van der Waals surface area contributed by atoms with Gasteiger partial charge in [0.2, 0.25) is 0 Å². The second-order valence-electron chi connectivity index (χ2n) is 18.4. The number of allylic oxidation sites excluding steroid dienone is 12. The lowest BCUT2D eigenvalue weighted by atomic mass is 10.0. The summed E-state index contributed by atoms with van der Waals surface area (Å²) in [5, 5.41) is 11.7. The maximum atomic E-state index is 12.8. The van der Waals surface area contributed by atoms with Gasteiger partial charge in [-0.15, -0.1) is 0 Å². The molecule has 0 saturated carbocycles. The van der Waals surface area contributed by atoms with E-state index >= 15 is 0 Å². The van der Waals surface area contributed by atoms with Crippen LogP contribution in [0, 0.1) is 0 Å². The van der Waals surface area contributed by atoms with Gasteiger partial charge in [-0.1, -0.05) is 209 Å². The van der Waals surface area contributed by atoms with Crippen LogP contribution in [0.5, 0.6) is 0 Å². The Hall–Kier alpha value is -3.23. The van der Waals surface area contributed by atoms with Crippen LogP contribution in [-0.4, -0.2) is 75.5 Å². The van der Waals surface area contributed by atoms with E-state index in [1.165, 1.54) is 109 Å². The summed E-state index contributed by atoms with van der Waals surface area (Å²) in [6.45, 7) is 4.51. The largest absolute Gasteiger partial charge is 0.544 e. The van der Waals surface area contributed by atoms with Crippen molar-refractivity contribution in [3.63, 3.8) is 0 Å². The number of rotatable bonds is 46. The minimum atomic E-state index is -1.13. The van der Waals surface area contributed by atoms with Crippen LogP contribution in [0.4, 0.5) is 0 Å². The lowest BCUT2D eigenvalue weighted by Gasteiger charge is -2.34. The molecular formula is C56H97NO7. The summed E-state index contributed by atoms with van der Waals surface area (Å²) in [7, 11) is 5.40. The highest BCUT2D eigenvalue weighted by Crippen LogP contribution is 2.16. The summed E-state index contributed by atoms with van der Waals surface area (Å²) in [5.41, 5.74) is 0. The molecule has 0 heterocycles. The second-order valence-corrected chi connectivity index (χ2v) is 18.4. The number of carboxylic acid groups (broad SMARTS) is 1. The van der Waals surface area contributed by atoms with Gasteiger partial charge in [0.1, 0.15) is 12.6 Å². The third-order valence-electron chi connectivity index (χ3n) is 11.4. The minimum Gasteiger partial charge on any atom is -0.544 e. The number of hydrogen-bond donors (Lipinski definition) is 0. The molecular weight excluding hydrogens is 799 g/mol. The number of carbonyl (C=O) groups is 3. The minimum absolute atomic E-state index is 0.0216. The predicted octanol–water partition coefficient (Wildman–Crippen LogP) is 13.8. The number of quaternary nitrogens is 1. The standard InChI is InChI=1S/C56H97NO7/c1-6-8-10-12-14-16-18-20-22-24-26-28-30-32-34-36-38-40-42-44-46-54(58)63-51-52(50-62-49-48-53(56(60)61)57(3,4)5)64-55(59)47-45-43-41-39-37-35-33-31-29-27-25-23-21-19-17-15-13-11-9-7-2/h8,10,14,16,20,22,26,28,32,34,38,40,52-53H,6-7,9,11-13,15,17-19,21,23-25,27,29-31,33,35-37,39,41-51H2,1-5H3/b10-8+,16-14+,22-20+,28-26+,34-32+,40-38+. The zero-order valence-corrected chi connectivity index (χ0v) is 41.9. The normalized spacial score (nSPS) is 13.5. The summed E-state index contributed by atoms with van der Waals surface area (Å²) in [6, 6.07) is -0.737. The number of nitrogens with zero attached hydrogens (tertiary/aromatic N) is 1. The van der Waals surface area contributed by atoms with E-state index in [-0.39, 0.29) is 49.1 Å². The van der Waals surface area contributed by atoms with Crippen LogP contribution in [0.15, 0.2) is 72.9 Å². The van der Waals surface area contributed by atoms with E-state index in [1.807, 2.05) is 0 Å². The molecule has 0 aliphatic heterocycles. The van der Waals surface area contributed by atoms with Crippen LogP contribution in [0.25, 0.3) is 0 Å². The third-order valence-corrected chi connectivity index (χ3v) is 11.4. The highest BCUT2D eigenvalue weighted by molar-refractivity contribution is 5.70. The average molecular weight is 896 g/mol. The Labute approximate surface area is 393 Å². The molecule has 0 saturated heterocycles. The number of carbonyl (C=O) groups excluding carboxylic acids is 3. The van der Waals surface area contributed by atoms with Gasteiger partial charge >= 0.3 is 11.9 Å². The third kappa shape index (κ3) is 44.0. The number of esters is 2. The van der Waals surface area contributed by atoms with Gasteiger partial charge in [0.15, 0.2) is 6.10 Å². The number of carboxylic acids is 1. The van der Waals surface area contributed by atoms with Crippen molar-refractivity contribution in [1.82, 2.24) is 0 Å². The van der Waals surface area contributed by atoms with Crippen LogP contribution >= 0.6 is 0 Å². The Bertz CT molecular complexity index is 1270. The molecule has 0 bridgehead atoms. The fraction of sp³-hybridized carbons (Fsp3) is 0.732. The van der Waals surface area contributed by atoms with Crippen molar-refractivity contribution < 1.29 is 38.2 Å². The van der Waals surface area contributed by atoms with Gasteiger partial charge < -0.3 is 28.6 Å². The van der Waals surface area contributed by atoms with Crippen molar-refractivity contribution >= 4 is 17.9 Å². The fourth-order valence-corrected chi connectivity index (χ4v) is 7.38. The highest BCUT2D eigenvalue weighted by atomic mass is 16.6. The van der Waals surface area contributed by atoms with Gasteiger partial charge in [0.05, 0.1) is 40.3 Å². The first-order valence-electron chi connectivity index (χ1n) is 26.0. The Morgan fingerprint density at radius 2 is 0.875 bits per heavy atom. The number of ether oxygens (including phenoxy) is 3. The predicted molar refractivity (Wildman–Crippen MR) is 268 cm³/mol. The smallest absolute Gasteiger partial charge is 0.306 e. The number of likely N-dealkylation sites (N-methyl/N-ethyl adjacent to an activating group) is 1. The molecule has 0 aliphatic rings. The molecule has 0 amide bonds. The molecule has 368 valence electrons. The first-order chi connectivity index (χ1) is 31.1. The SMILES string of the molecule is CC/C=C/C/C=C/C/C=C/C/C=C/C/C=C/C/C=C/CCCC(=O)OCC(COCCC(C(=O)[O-])[N+](C)(C)C)OC(=O)CCCCCCCCCCCCCCCCCCCCCC. The topological polar surface area (TPSA) is 102 Å². The first kappa shape index (κ1) is 60.8. The number of aliphatic carboxylic acids is 1. The highest BCUT2D eigenvalue weighted by Gasteiger charge is 2.25. The average Bonchev–Trinajstić information content (AvgIpc) is 3.26. The van der Waals surface area contributed by atoms with E-state index in [4.69, 9.17) is 14.2 Å². The van der Waals surface area contributed by atoms with Gasteiger partial charge in [0.25, 0.3) is 0 Å². The maximum Gasteiger partial charge on any atom is 0.306 e. The Morgan fingerprint density at radius 3 is 1.28 bits per heavy atom. The van der Waals surface area contributed by atoms with E-state index < -0.39 is 18.1 Å². The van der Waals surface area contributed by atoms with E-state index in [9.17, 15) is 19.5 Å². The lowest BCUT2D eigenvalue weighted by Crippen LogP contribution is -2.55. The molecule has 0 radical (unpaired) electrons. The van der Waals surface area contributed by atoms with Crippen LogP contribution in [0.2, 0.25) is 0 Å². The molecule has 0 spiro atoms. The van der Waals surface area contributed by atoms with Crippen molar-refractivity contribution in [3.8, 4) is 0 Å². The molecule has 0 aromatic rings. The summed E-state index contributed by atoms with van der Waals surface area (Å²) >= 11 is 0. The molecule has 8 nitrogen and oxygen atoms in total. The van der Waals surface area contributed by atoms with Gasteiger partial charge in [-0.2, -0.15) is 0 Å². The van der Waals surface area contributed by atoms with Gasteiger partial charge in [0, 0.05) is 19.3 Å². The van der Waals surface area contributed by atoms with Crippen molar-refractivity contribution in [1.29, 1.82) is 0 Å². The van der Waals surface area contributed by atoms with E-state index in [1.54, 1.807) is 21.1 Å². The molecule has 8 heteroatoms. The second kappa shape index (κ2) is 46.3. The molecule has 2 atom stereocenters. The molecule has 2 unspecified atom stereocenters. The molecule has 0 aromatic heterocycles. The molecule has 0 aliphatic carbocycles. The molecule has 64 heavy (non-hydrogen) atoms. The monoisotopic (exact) mass is 896 g/mol. The maximum absolute atomic E-state index is 12.8.